The molecule has 128 valence electrons. The van der Waals surface area contributed by atoms with E-state index in [1.165, 1.54) is 12.1 Å². The predicted molar refractivity (Wildman–Crippen MR) is 80.0 cm³/mol. The van der Waals surface area contributed by atoms with Gasteiger partial charge in [-0.2, -0.15) is 18.4 Å². The van der Waals surface area contributed by atoms with Crippen molar-refractivity contribution in [3.63, 3.8) is 0 Å². The minimum absolute atomic E-state index is 0.00899. The maximum atomic E-state index is 13.2. The van der Waals surface area contributed by atoms with Gasteiger partial charge < -0.3 is 5.32 Å². The number of halogens is 5. The minimum atomic E-state index is -4.69. The number of alkyl halides is 3. The Morgan fingerprint density at radius 1 is 1.08 bits per heavy atom. The van der Waals surface area contributed by atoms with Crippen LogP contribution < -0.4 is 5.32 Å². The van der Waals surface area contributed by atoms with E-state index in [4.69, 9.17) is 5.26 Å². The Kier molecular flexibility index (Phi) is 5.17. The van der Waals surface area contributed by atoms with Crippen LogP contribution >= 0.6 is 0 Å². The summed E-state index contributed by atoms with van der Waals surface area (Å²) in [4.78, 5) is 12.0. The predicted octanol–water partition coefficient (Wildman–Crippen LogP) is 4.53. The van der Waals surface area contributed by atoms with Crippen LogP contribution in [0.25, 0.3) is 6.08 Å². The van der Waals surface area contributed by atoms with E-state index < -0.39 is 40.5 Å². The van der Waals surface area contributed by atoms with Crippen molar-refractivity contribution >= 4 is 17.7 Å². The topological polar surface area (TPSA) is 52.9 Å². The van der Waals surface area contributed by atoms with Crippen molar-refractivity contribution in [1.29, 1.82) is 5.26 Å². The summed E-state index contributed by atoms with van der Waals surface area (Å²) < 4.78 is 64.7. The zero-order valence-electron chi connectivity index (χ0n) is 12.4. The summed E-state index contributed by atoms with van der Waals surface area (Å²) in [5, 5.41) is 11.0. The van der Waals surface area contributed by atoms with Crippen LogP contribution in [0.5, 0.6) is 0 Å². The van der Waals surface area contributed by atoms with Crippen LogP contribution in [0.15, 0.2) is 48.0 Å². The SMILES string of the molecule is N#C/C(=C\c1ccc(F)c(F)c1)C(=O)Nc1ccccc1C(F)(F)F. The molecule has 0 aliphatic heterocycles. The lowest BCUT2D eigenvalue weighted by atomic mass is 10.1. The molecule has 0 aliphatic rings. The Morgan fingerprint density at radius 2 is 1.76 bits per heavy atom. The minimum Gasteiger partial charge on any atom is -0.321 e. The molecule has 1 amide bonds. The van der Waals surface area contributed by atoms with E-state index in [1.807, 2.05) is 5.32 Å². The molecule has 0 atom stereocenters. The fourth-order valence-corrected chi connectivity index (χ4v) is 1.95. The van der Waals surface area contributed by atoms with Crippen molar-refractivity contribution in [3.05, 3.63) is 70.8 Å². The first-order valence-electron chi connectivity index (χ1n) is 6.77. The van der Waals surface area contributed by atoms with Crippen LogP contribution in [0.4, 0.5) is 27.6 Å². The number of hydrogen-bond donors (Lipinski definition) is 1. The molecule has 1 N–H and O–H groups in total. The Balaban J connectivity index is 2.32. The molecule has 2 rings (SSSR count). The number of carbonyl (C=O) groups is 1. The average Bonchev–Trinajstić information content (AvgIpc) is 2.55. The summed E-state index contributed by atoms with van der Waals surface area (Å²) in [6.07, 6.45) is -3.76. The van der Waals surface area contributed by atoms with Crippen LogP contribution in [0.1, 0.15) is 11.1 Å². The summed E-state index contributed by atoms with van der Waals surface area (Å²) in [6.45, 7) is 0. The van der Waals surface area contributed by atoms with Crippen LogP contribution in [0.2, 0.25) is 0 Å². The quantitative estimate of drug-likeness (QED) is 0.501. The average molecular weight is 352 g/mol. The first kappa shape index (κ1) is 18.1. The van der Waals surface area contributed by atoms with Crippen LogP contribution in [0.3, 0.4) is 0 Å². The van der Waals surface area contributed by atoms with Crippen LogP contribution in [-0.4, -0.2) is 5.91 Å². The molecule has 0 spiro atoms. The lowest BCUT2D eigenvalue weighted by molar-refractivity contribution is -0.137. The van der Waals surface area contributed by atoms with E-state index in [-0.39, 0.29) is 5.56 Å². The highest BCUT2D eigenvalue weighted by Crippen LogP contribution is 2.34. The third-order valence-electron chi connectivity index (χ3n) is 3.10. The van der Waals surface area contributed by atoms with Gasteiger partial charge in [-0.05, 0) is 35.9 Å². The van der Waals surface area contributed by atoms with Crippen LogP contribution in [0, 0.1) is 23.0 Å². The molecule has 2 aromatic carbocycles. The largest absolute Gasteiger partial charge is 0.418 e. The molecular weight excluding hydrogens is 343 g/mol. The highest BCUT2D eigenvalue weighted by Gasteiger charge is 2.33. The summed E-state index contributed by atoms with van der Waals surface area (Å²) in [7, 11) is 0. The van der Waals surface area contributed by atoms with E-state index in [1.54, 1.807) is 0 Å². The smallest absolute Gasteiger partial charge is 0.321 e. The summed E-state index contributed by atoms with van der Waals surface area (Å²) in [5.41, 5.74) is -2.16. The Bertz CT molecular complexity index is 881. The molecule has 0 saturated carbocycles. The summed E-state index contributed by atoms with van der Waals surface area (Å²) >= 11 is 0. The first-order valence-corrected chi connectivity index (χ1v) is 6.77. The number of amides is 1. The normalized spacial score (nSPS) is 11.8. The van der Waals surface area contributed by atoms with Crippen molar-refractivity contribution in [2.75, 3.05) is 5.32 Å². The van der Waals surface area contributed by atoms with E-state index in [9.17, 15) is 26.7 Å². The molecule has 25 heavy (non-hydrogen) atoms. The fraction of sp³-hybridized carbons (Fsp3) is 0.0588. The van der Waals surface area contributed by atoms with Crippen molar-refractivity contribution in [2.45, 2.75) is 6.18 Å². The Hall–Kier alpha value is -3.21. The maximum absolute atomic E-state index is 13.2. The monoisotopic (exact) mass is 352 g/mol. The molecule has 0 radical (unpaired) electrons. The first-order chi connectivity index (χ1) is 11.7. The van der Waals surface area contributed by atoms with Gasteiger partial charge in [0.2, 0.25) is 0 Å². The number of carbonyl (C=O) groups excluding carboxylic acids is 1. The third-order valence-corrected chi connectivity index (χ3v) is 3.10. The summed E-state index contributed by atoms with van der Waals surface area (Å²) in [6, 6.07) is 8.44. The second-order valence-corrected chi connectivity index (χ2v) is 4.84. The van der Waals surface area contributed by atoms with Gasteiger partial charge in [0.05, 0.1) is 11.3 Å². The molecule has 0 fully saturated rings. The summed E-state index contributed by atoms with van der Waals surface area (Å²) in [5.74, 6) is -3.41. The second kappa shape index (κ2) is 7.13. The Morgan fingerprint density at radius 3 is 2.36 bits per heavy atom. The molecule has 0 unspecified atom stereocenters. The number of rotatable bonds is 3. The molecule has 8 heteroatoms. The van der Waals surface area contributed by atoms with Crippen LogP contribution in [-0.2, 0) is 11.0 Å². The standard InChI is InChI=1S/C17H9F5N2O/c18-13-6-5-10(8-14(13)19)7-11(9-23)16(25)24-15-4-2-1-3-12(15)17(20,21)22/h1-8H,(H,24,25)/b11-7+. The third kappa shape index (κ3) is 4.41. The molecule has 3 nitrogen and oxygen atoms in total. The molecular formula is C17H9F5N2O. The molecule has 2 aromatic rings. The van der Waals surface area contributed by atoms with Gasteiger partial charge in [-0.15, -0.1) is 0 Å². The molecule has 0 aliphatic carbocycles. The number of anilines is 1. The second-order valence-electron chi connectivity index (χ2n) is 4.84. The van der Waals surface area contributed by atoms with E-state index in [0.717, 1.165) is 42.5 Å². The van der Waals surface area contributed by atoms with E-state index in [0.29, 0.717) is 0 Å². The van der Waals surface area contributed by atoms with Crippen molar-refractivity contribution in [3.8, 4) is 6.07 Å². The lowest BCUT2D eigenvalue weighted by Gasteiger charge is -2.13. The van der Waals surface area contributed by atoms with Gasteiger partial charge in [0.1, 0.15) is 11.6 Å². The maximum Gasteiger partial charge on any atom is 0.418 e. The number of nitriles is 1. The van der Waals surface area contributed by atoms with Gasteiger partial charge in [-0.1, -0.05) is 18.2 Å². The number of nitrogens with zero attached hydrogens (tertiary/aromatic N) is 1. The number of hydrogen-bond acceptors (Lipinski definition) is 2. The van der Waals surface area contributed by atoms with E-state index >= 15 is 0 Å². The zero-order chi connectivity index (χ0) is 18.6. The van der Waals surface area contributed by atoms with Gasteiger partial charge in [0, 0.05) is 0 Å². The number of benzene rings is 2. The van der Waals surface area contributed by atoms with Crippen molar-refractivity contribution in [1.82, 2.24) is 0 Å². The molecule has 0 bridgehead atoms. The zero-order valence-corrected chi connectivity index (χ0v) is 12.4. The van der Waals surface area contributed by atoms with Gasteiger partial charge in [0.15, 0.2) is 11.6 Å². The molecule has 0 saturated heterocycles. The fourth-order valence-electron chi connectivity index (χ4n) is 1.95. The number of para-hydroxylation sites is 1. The van der Waals surface area contributed by atoms with Gasteiger partial charge in [0.25, 0.3) is 5.91 Å². The van der Waals surface area contributed by atoms with Gasteiger partial charge in [-0.3, -0.25) is 4.79 Å². The molecule has 0 heterocycles. The number of nitrogens with one attached hydrogen (secondary N) is 1. The van der Waals surface area contributed by atoms with Gasteiger partial charge >= 0.3 is 6.18 Å². The lowest BCUT2D eigenvalue weighted by Crippen LogP contribution is -2.17. The van der Waals surface area contributed by atoms with Crippen molar-refractivity contribution in [2.24, 2.45) is 0 Å². The Labute approximate surface area is 139 Å². The molecule has 0 aromatic heterocycles. The highest BCUT2D eigenvalue weighted by molar-refractivity contribution is 6.10. The highest BCUT2D eigenvalue weighted by atomic mass is 19.4. The van der Waals surface area contributed by atoms with E-state index in [2.05, 4.69) is 0 Å². The van der Waals surface area contributed by atoms with Crippen molar-refractivity contribution < 1.29 is 26.7 Å². The van der Waals surface area contributed by atoms with Gasteiger partial charge in [-0.25, -0.2) is 8.78 Å².